The van der Waals surface area contributed by atoms with Crippen LogP contribution in [-0.4, -0.2) is 25.9 Å². The minimum absolute atomic E-state index is 0.383. The molecule has 0 aliphatic carbocycles. The van der Waals surface area contributed by atoms with Crippen LogP contribution >= 0.6 is 0 Å². The average Bonchev–Trinajstić information content (AvgIpc) is 3.21. The van der Waals surface area contributed by atoms with Crippen LogP contribution in [-0.2, 0) is 9.47 Å². The number of rotatable bonds is 8. The van der Waals surface area contributed by atoms with Gasteiger partial charge < -0.3 is 9.47 Å². The molecule has 2 heteroatoms. The van der Waals surface area contributed by atoms with Gasteiger partial charge in [0.15, 0.2) is 0 Å². The second-order valence-electron chi connectivity index (χ2n) is 5.35. The predicted octanol–water partition coefficient (Wildman–Crippen LogP) is 3.62. The van der Waals surface area contributed by atoms with Crippen LogP contribution in [0.2, 0.25) is 0 Å². The fourth-order valence-corrected chi connectivity index (χ4v) is 2.38. The van der Waals surface area contributed by atoms with Crippen molar-refractivity contribution in [3.05, 3.63) is 35.9 Å². The maximum atomic E-state index is 5.68. The van der Waals surface area contributed by atoms with E-state index < -0.39 is 0 Å². The van der Waals surface area contributed by atoms with Gasteiger partial charge in [-0.3, -0.25) is 0 Å². The van der Waals surface area contributed by atoms with E-state index in [0.717, 1.165) is 19.8 Å². The first-order chi connectivity index (χ1) is 8.79. The highest BCUT2D eigenvalue weighted by atomic mass is 16.6. The zero-order valence-corrected chi connectivity index (χ0v) is 11.5. The molecule has 18 heavy (non-hydrogen) atoms. The van der Waals surface area contributed by atoms with Crippen LogP contribution in [0.3, 0.4) is 0 Å². The van der Waals surface area contributed by atoms with Gasteiger partial charge in [-0.1, -0.05) is 44.2 Å². The molecule has 0 aromatic heterocycles. The van der Waals surface area contributed by atoms with Gasteiger partial charge >= 0.3 is 0 Å². The quantitative estimate of drug-likeness (QED) is 0.655. The van der Waals surface area contributed by atoms with Crippen LogP contribution in [0.5, 0.6) is 0 Å². The largest absolute Gasteiger partial charge is 0.378 e. The van der Waals surface area contributed by atoms with E-state index in [9.17, 15) is 0 Å². The molecule has 0 N–H and O–H groups in total. The van der Waals surface area contributed by atoms with Crippen molar-refractivity contribution in [2.45, 2.75) is 38.7 Å². The van der Waals surface area contributed by atoms with E-state index in [-0.39, 0.29) is 0 Å². The van der Waals surface area contributed by atoms with Gasteiger partial charge in [0.2, 0.25) is 0 Å². The van der Waals surface area contributed by atoms with Gasteiger partial charge in [0.1, 0.15) is 6.10 Å². The minimum atomic E-state index is 0.383. The first kappa shape index (κ1) is 13.6. The Labute approximate surface area is 110 Å². The van der Waals surface area contributed by atoms with Crippen LogP contribution < -0.4 is 0 Å². The first-order valence-corrected chi connectivity index (χ1v) is 7.04. The van der Waals surface area contributed by atoms with E-state index in [2.05, 4.69) is 44.2 Å². The third-order valence-corrected chi connectivity index (χ3v) is 3.56. The Morgan fingerprint density at radius 2 is 2.06 bits per heavy atom. The van der Waals surface area contributed by atoms with Gasteiger partial charge in [0.05, 0.1) is 13.2 Å². The van der Waals surface area contributed by atoms with Gasteiger partial charge in [-0.05, 0) is 30.2 Å². The Morgan fingerprint density at radius 3 is 2.67 bits per heavy atom. The summed E-state index contributed by atoms with van der Waals surface area (Å²) in [5.74, 6) is 1.26. The second kappa shape index (κ2) is 6.91. The molecule has 1 aromatic rings. The minimum Gasteiger partial charge on any atom is -0.378 e. The Bertz CT molecular complexity index is 332. The van der Waals surface area contributed by atoms with E-state index >= 15 is 0 Å². The van der Waals surface area contributed by atoms with Crippen molar-refractivity contribution in [3.63, 3.8) is 0 Å². The van der Waals surface area contributed by atoms with Gasteiger partial charge in [0, 0.05) is 6.61 Å². The van der Waals surface area contributed by atoms with Crippen molar-refractivity contribution in [2.75, 3.05) is 19.8 Å². The lowest BCUT2D eigenvalue weighted by atomic mass is 9.88. The van der Waals surface area contributed by atoms with Gasteiger partial charge in [-0.25, -0.2) is 0 Å². The summed E-state index contributed by atoms with van der Waals surface area (Å²) in [7, 11) is 0. The zero-order chi connectivity index (χ0) is 12.8. The molecule has 1 aromatic carbocycles. The fraction of sp³-hybridized carbons (Fsp3) is 0.625. The summed E-state index contributed by atoms with van der Waals surface area (Å²) in [5, 5.41) is 0. The molecule has 0 bridgehead atoms. The number of hydrogen-bond acceptors (Lipinski definition) is 2. The maximum absolute atomic E-state index is 5.68. The number of epoxide rings is 1. The lowest BCUT2D eigenvalue weighted by molar-refractivity contribution is 0.0860. The van der Waals surface area contributed by atoms with Crippen molar-refractivity contribution >= 4 is 0 Å². The molecule has 0 saturated carbocycles. The van der Waals surface area contributed by atoms with Crippen LogP contribution in [0.15, 0.2) is 30.3 Å². The molecule has 100 valence electrons. The molecule has 1 aliphatic heterocycles. The molecule has 0 spiro atoms. The third-order valence-electron chi connectivity index (χ3n) is 3.56. The van der Waals surface area contributed by atoms with Crippen LogP contribution in [0, 0.1) is 5.92 Å². The summed E-state index contributed by atoms with van der Waals surface area (Å²) in [6, 6.07) is 10.8. The normalized spacial score (nSPS) is 21.6. The maximum Gasteiger partial charge on any atom is 0.104 e. The van der Waals surface area contributed by atoms with E-state index in [4.69, 9.17) is 9.47 Å². The smallest absolute Gasteiger partial charge is 0.104 e. The first-order valence-electron chi connectivity index (χ1n) is 7.04. The summed E-state index contributed by atoms with van der Waals surface area (Å²) in [6.45, 7) is 7.05. The average molecular weight is 248 g/mol. The van der Waals surface area contributed by atoms with Crippen molar-refractivity contribution in [2.24, 2.45) is 5.92 Å². The Hall–Kier alpha value is -0.860. The monoisotopic (exact) mass is 248 g/mol. The Kier molecular flexibility index (Phi) is 5.21. The topological polar surface area (TPSA) is 21.8 Å². The lowest BCUT2D eigenvalue weighted by Crippen LogP contribution is -2.13. The second-order valence-corrected chi connectivity index (χ2v) is 5.35. The van der Waals surface area contributed by atoms with Gasteiger partial charge in [-0.15, -0.1) is 0 Å². The summed E-state index contributed by atoms with van der Waals surface area (Å²) < 4.78 is 10.8. The molecule has 3 unspecified atom stereocenters. The molecule has 1 aliphatic rings. The lowest BCUT2D eigenvalue weighted by Gasteiger charge is -2.20. The van der Waals surface area contributed by atoms with Crippen molar-refractivity contribution < 1.29 is 9.47 Å². The van der Waals surface area contributed by atoms with E-state index in [0.29, 0.717) is 17.9 Å². The summed E-state index contributed by atoms with van der Waals surface area (Å²) in [4.78, 5) is 0. The van der Waals surface area contributed by atoms with Crippen molar-refractivity contribution in [3.8, 4) is 0 Å². The molecule has 2 rings (SSSR count). The Morgan fingerprint density at radius 1 is 1.33 bits per heavy atom. The molecule has 1 heterocycles. The van der Waals surface area contributed by atoms with E-state index in [1.165, 1.54) is 18.4 Å². The molecule has 1 fully saturated rings. The molecule has 1 saturated heterocycles. The van der Waals surface area contributed by atoms with Crippen LogP contribution in [0.25, 0.3) is 0 Å². The van der Waals surface area contributed by atoms with E-state index in [1.807, 2.05) is 0 Å². The summed E-state index contributed by atoms with van der Waals surface area (Å²) in [6.07, 6.45) is 2.78. The van der Waals surface area contributed by atoms with Crippen molar-refractivity contribution in [1.29, 1.82) is 0 Å². The number of ether oxygens (including phenoxy) is 2. The van der Waals surface area contributed by atoms with Crippen LogP contribution in [0.1, 0.15) is 38.2 Å². The third kappa shape index (κ3) is 4.43. The molecular formula is C16H24O2. The molecular weight excluding hydrogens is 224 g/mol. The number of hydrogen-bond donors (Lipinski definition) is 0. The molecule has 2 nitrogen and oxygen atoms in total. The van der Waals surface area contributed by atoms with E-state index in [1.54, 1.807) is 0 Å². The fourth-order valence-electron chi connectivity index (χ4n) is 2.38. The predicted molar refractivity (Wildman–Crippen MR) is 73.8 cm³/mol. The van der Waals surface area contributed by atoms with Crippen LogP contribution in [0.4, 0.5) is 0 Å². The standard InChI is InChI=1S/C16H24O2/c1-3-14(15-7-5-4-6-8-15)9-13(2)10-17-11-16-12-18-16/h4-8,13-14,16H,3,9-12H2,1-2H3. The SMILES string of the molecule is CCC(CC(C)COCC1CO1)c1ccccc1. The number of benzene rings is 1. The highest BCUT2D eigenvalue weighted by molar-refractivity contribution is 5.19. The van der Waals surface area contributed by atoms with Gasteiger partial charge in [0.25, 0.3) is 0 Å². The highest BCUT2D eigenvalue weighted by Gasteiger charge is 2.22. The Balaban J connectivity index is 1.74. The molecule has 3 atom stereocenters. The molecule has 0 amide bonds. The summed E-state index contributed by atoms with van der Waals surface area (Å²) >= 11 is 0. The molecule has 0 radical (unpaired) electrons. The van der Waals surface area contributed by atoms with Gasteiger partial charge in [-0.2, -0.15) is 0 Å². The van der Waals surface area contributed by atoms with Crippen molar-refractivity contribution in [1.82, 2.24) is 0 Å². The highest BCUT2D eigenvalue weighted by Crippen LogP contribution is 2.27. The summed E-state index contributed by atoms with van der Waals surface area (Å²) in [5.41, 5.74) is 1.46. The zero-order valence-electron chi connectivity index (χ0n) is 11.5.